The number of H-pyrrole nitrogens is 1. The molecule has 0 radical (unpaired) electrons. The number of nitrogens with one attached hydrogen (secondary N) is 3. The van der Waals surface area contributed by atoms with Crippen molar-refractivity contribution in [1.29, 1.82) is 0 Å². The summed E-state index contributed by atoms with van der Waals surface area (Å²) in [5, 5.41) is 8.92. The van der Waals surface area contributed by atoms with Crippen LogP contribution < -0.4 is 16.2 Å². The minimum Gasteiger partial charge on any atom is -0.377 e. The van der Waals surface area contributed by atoms with Crippen LogP contribution in [0.1, 0.15) is 106 Å². The number of aryl methyl sites for hydroxylation is 2. The zero-order valence-corrected chi connectivity index (χ0v) is 23.2. The van der Waals surface area contributed by atoms with E-state index >= 15 is 0 Å². The molecule has 0 aliphatic heterocycles. The predicted molar refractivity (Wildman–Crippen MR) is 146 cm³/mol. The molecule has 3 rings (SSSR count). The molecule has 0 saturated heterocycles. The Morgan fingerprint density at radius 3 is 2.18 bits per heavy atom. The summed E-state index contributed by atoms with van der Waals surface area (Å²) in [6.07, 6.45) is 7.44. The topological polar surface area (TPSA) is 74.0 Å². The quantitative estimate of drug-likeness (QED) is 0.421. The van der Waals surface area contributed by atoms with E-state index in [0.29, 0.717) is 11.1 Å². The number of thiophene rings is 1. The maximum atomic E-state index is 12.3. The van der Waals surface area contributed by atoms with Crippen molar-refractivity contribution < 1.29 is 4.79 Å². The van der Waals surface area contributed by atoms with Crippen LogP contribution in [0.15, 0.2) is 16.2 Å². The molecule has 2 aromatic heterocycles. The van der Waals surface area contributed by atoms with Crippen LogP contribution in [0.5, 0.6) is 0 Å². The molecule has 0 spiro atoms. The summed E-state index contributed by atoms with van der Waals surface area (Å²) >= 11 is 1.52. The first-order valence-electron chi connectivity index (χ1n) is 12.6. The largest absolute Gasteiger partial charge is 0.377 e. The van der Waals surface area contributed by atoms with Crippen LogP contribution in [0, 0.1) is 26.7 Å². The summed E-state index contributed by atoms with van der Waals surface area (Å²) in [6.45, 7) is 19.1. The highest BCUT2D eigenvalue weighted by Crippen LogP contribution is 2.27. The summed E-state index contributed by atoms with van der Waals surface area (Å²) in [5.74, 6) is 0.881. The molecular weight excluding hydrogens is 430 g/mol. The first-order chi connectivity index (χ1) is 15.8. The van der Waals surface area contributed by atoms with E-state index in [9.17, 15) is 9.59 Å². The van der Waals surface area contributed by atoms with E-state index < -0.39 is 0 Å². The fourth-order valence-electron chi connectivity index (χ4n) is 3.65. The van der Waals surface area contributed by atoms with E-state index in [1.807, 2.05) is 66.8 Å². The molecule has 1 amide bonds. The normalized spacial score (nSPS) is 12.8. The fraction of sp³-hybridized carbons (Fsp3) is 0.630. The van der Waals surface area contributed by atoms with Gasteiger partial charge in [0.05, 0.1) is 10.6 Å². The SMILES string of the molecule is CC.CC.CC1CCCCC1.CCNc1scc(C(=O)NCc2c(C)cc(C)[nH]c2=O)c1C. The monoisotopic (exact) mass is 477 g/mol. The van der Waals surface area contributed by atoms with E-state index in [1.54, 1.807) is 0 Å². The van der Waals surface area contributed by atoms with Crippen molar-refractivity contribution in [2.75, 3.05) is 11.9 Å². The van der Waals surface area contributed by atoms with Gasteiger partial charge in [-0.3, -0.25) is 9.59 Å². The molecule has 5 nitrogen and oxygen atoms in total. The van der Waals surface area contributed by atoms with Crippen molar-refractivity contribution in [3.05, 3.63) is 49.7 Å². The molecule has 1 aliphatic rings. The van der Waals surface area contributed by atoms with Crippen molar-refractivity contribution in [2.45, 2.75) is 101 Å². The molecule has 2 aromatic rings. The average Bonchev–Trinajstić information content (AvgIpc) is 3.17. The van der Waals surface area contributed by atoms with Crippen molar-refractivity contribution in [3.63, 3.8) is 0 Å². The number of amides is 1. The molecule has 6 heteroatoms. The number of anilines is 1. The lowest BCUT2D eigenvalue weighted by Crippen LogP contribution is -2.28. The van der Waals surface area contributed by atoms with Gasteiger partial charge in [-0.15, -0.1) is 11.3 Å². The molecule has 0 atom stereocenters. The smallest absolute Gasteiger partial charge is 0.253 e. The second-order valence-corrected chi connectivity index (χ2v) is 8.88. The van der Waals surface area contributed by atoms with Gasteiger partial charge in [-0.2, -0.15) is 0 Å². The number of hydrogen-bond donors (Lipinski definition) is 3. The van der Waals surface area contributed by atoms with Gasteiger partial charge in [0, 0.05) is 29.7 Å². The number of aromatic nitrogens is 1. The Morgan fingerprint density at radius 1 is 1.09 bits per heavy atom. The van der Waals surface area contributed by atoms with Crippen molar-refractivity contribution in [2.24, 2.45) is 5.92 Å². The third-order valence-corrected chi connectivity index (χ3v) is 6.47. The van der Waals surface area contributed by atoms with Crippen molar-refractivity contribution in [1.82, 2.24) is 10.3 Å². The number of hydrogen-bond acceptors (Lipinski definition) is 4. The van der Waals surface area contributed by atoms with Gasteiger partial charge in [0.25, 0.3) is 11.5 Å². The Balaban J connectivity index is 0.000000776. The summed E-state index contributed by atoms with van der Waals surface area (Å²) in [5.41, 5.74) is 3.76. The molecule has 0 unspecified atom stereocenters. The van der Waals surface area contributed by atoms with Crippen LogP contribution in [-0.4, -0.2) is 17.4 Å². The molecule has 188 valence electrons. The third-order valence-electron chi connectivity index (χ3n) is 5.43. The van der Waals surface area contributed by atoms with Crippen molar-refractivity contribution in [3.8, 4) is 0 Å². The fourth-order valence-corrected chi connectivity index (χ4v) is 4.68. The van der Waals surface area contributed by atoms with Crippen molar-refractivity contribution >= 4 is 22.2 Å². The zero-order chi connectivity index (χ0) is 25.4. The lowest BCUT2D eigenvalue weighted by atomic mass is 9.91. The van der Waals surface area contributed by atoms with E-state index in [2.05, 4.69) is 22.5 Å². The number of aromatic amines is 1. The molecule has 3 N–H and O–H groups in total. The van der Waals surface area contributed by atoms with Crippen LogP contribution in [0.2, 0.25) is 0 Å². The zero-order valence-electron chi connectivity index (χ0n) is 22.4. The molecule has 0 aromatic carbocycles. The lowest BCUT2D eigenvalue weighted by molar-refractivity contribution is 0.0950. The molecule has 1 fully saturated rings. The molecule has 33 heavy (non-hydrogen) atoms. The number of carbonyl (C=O) groups excluding carboxylic acids is 1. The van der Waals surface area contributed by atoms with E-state index in [0.717, 1.165) is 34.3 Å². The number of carbonyl (C=O) groups is 1. The second-order valence-electron chi connectivity index (χ2n) is 8.00. The maximum Gasteiger partial charge on any atom is 0.253 e. The molecule has 2 heterocycles. The van der Waals surface area contributed by atoms with Crippen LogP contribution in [0.4, 0.5) is 5.00 Å². The van der Waals surface area contributed by atoms with Crippen LogP contribution >= 0.6 is 11.3 Å². The number of rotatable bonds is 5. The molecular formula is C27H47N3O2S. The van der Waals surface area contributed by atoms with Gasteiger partial charge in [-0.1, -0.05) is 66.7 Å². The Kier molecular flexibility index (Phi) is 16.3. The number of pyridine rings is 1. The van der Waals surface area contributed by atoms with Crippen LogP contribution in [-0.2, 0) is 6.54 Å². The highest BCUT2D eigenvalue weighted by molar-refractivity contribution is 7.14. The van der Waals surface area contributed by atoms with Gasteiger partial charge in [0.15, 0.2) is 0 Å². The Bertz CT molecular complexity index is 865. The van der Waals surface area contributed by atoms with Crippen LogP contribution in [0.25, 0.3) is 0 Å². The van der Waals surface area contributed by atoms with Gasteiger partial charge in [0.2, 0.25) is 0 Å². The molecule has 0 bridgehead atoms. The first-order valence-corrected chi connectivity index (χ1v) is 13.5. The van der Waals surface area contributed by atoms with Crippen LogP contribution in [0.3, 0.4) is 0 Å². The molecule has 1 aliphatic carbocycles. The standard InChI is InChI=1S/C16H21N3O2S.C7H14.2C2H6/c1-5-17-16-11(4)13(8-22-16)14(20)18-7-12-9(2)6-10(3)19-15(12)21;1-7-5-3-2-4-6-7;2*1-2/h6,8,17H,5,7H2,1-4H3,(H,18,20)(H,19,21);7H,2-6H2,1H3;2*1-2H3. The Hall–Kier alpha value is -2.08. The summed E-state index contributed by atoms with van der Waals surface area (Å²) < 4.78 is 0. The maximum absolute atomic E-state index is 12.3. The molecule has 1 saturated carbocycles. The first kappa shape index (κ1) is 30.9. The highest BCUT2D eigenvalue weighted by atomic mass is 32.1. The minimum atomic E-state index is -0.155. The van der Waals surface area contributed by atoms with Gasteiger partial charge in [-0.25, -0.2) is 0 Å². The van der Waals surface area contributed by atoms with Gasteiger partial charge in [-0.05, 0) is 50.8 Å². The Labute approximate surface area is 205 Å². The average molecular weight is 478 g/mol. The van der Waals surface area contributed by atoms with Gasteiger partial charge >= 0.3 is 0 Å². The Morgan fingerprint density at radius 2 is 1.70 bits per heavy atom. The summed E-state index contributed by atoms with van der Waals surface area (Å²) in [4.78, 5) is 27.0. The van der Waals surface area contributed by atoms with Gasteiger partial charge in [0.1, 0.15) is 0 Å². The highest BCUT2D eigenvalue weighted by Gasteiger charge is 2.15. The van der Waals surface area contributed by atoms with E-state index in [4.69, 9.17) is 0 Å². The second kappa shape index (κ2) is 17.4. The van der Waals surface area contributed by atoms with Gasteiger partial charge < -0.3 is 15.6 Å². The third kappa shape index (κ3) is 10.6. The predicted octanol–water partition coefficient (Wildman–Crippen LogP) is 7.36. The summed E-state index contributed by atoms with van der Waals surface area (Å²) in [6, 6.07) is 1.90. The van der Waals surface area contributed by atoms with E-state index in [-0.39, 0.29) is 18.0 Å². The summed E-state index contributed by atoms with van der Waals surface area (Å²) in [7, 11) is 0. The minimum absolute atomic E-state index is 0.145. The lowest BCUT2D eigenvalue weighted by Gasteiger charge is -2.15. The van der Waals surface area contributed by atoms with E-state index in [1.165, 1.54) is 43.4 Å².